The molecule has 6 nitrogen and oxygen atoms in total. The van der Waals surface area contributed by atoms with Gasteiger partial charge in [0.25, 0.3) is 0 Å². The first-order valence-electron chi connectivity index (χ1n) is 20.0. The molecule has 2 aliphatic carbocycles. The SMILES string of the molecule is CC(C)=CCC/C(C)=C/CC/C(C)=C/CC[C@@H]1[C@@]2(C)C/C(=C\c3ccc(OCc4cn(-c5cccc(C(F)(F)F)c5)nn4)cc3)C(=O)C(C)(C)[C@@H]2CC[C@@]1(C)O. The lowest BCUT2D eigenvalue weighted by atomic mass is 9.44. The van der Waals surface area contributed by atoms with Crippen molar-refractivity contribution >= 4 is 11.9 Å². The molecule has 2 aliphatic rings. The molecule has 2 aromatic carbocycles. The molecule has 0 spiro atoms. The quantitative estimate of drug-likeness (QED) is 0.130. The highest BCUT2D eigenvalue weighted by atomic mass is 19.4. The normalized spacial score (nSPS) is 24.9. The maximum absolute atomic E-state index is 14.1. The van der Waals surface area contributed by atoms with Gasteiger partial charge in [0.2, 0.25) is 0 Å². The summed E-state index contributed by atoms with van der Waals surface area (Å²) in [6, 6.07) is 12.4. The lowest BCUT2D eigenvalue weighted by Gasteiger charge is -2.61. The molecule has 4 atom stereocenters. The number of halogens is 3. The van der Waals surface area contributed by atoms with Gasteiger partial charge >= 0.3 is 6.18 Å². The summed E-state index contributed by atoms with van der Waals surface area (Å²) >= 11 is 0. The Kier molecular flexibility index (Phi) is 13.4. The van der Waals surface area contributed by atoms with Crippen molar-refractivity contribution in [2.45, 2.75) is 132 Å². The predicted octanol–water partition coefficient (Wildman–Crippen LogP) is 12.2. The van der Waals surface area contributed by atoms with Crippen molar-refractivity contribution in [1.82, 2.24) is 15.0 Å². The minimum atomic E-state index is -4.45. The standard InChI is InChI=1S/C47H60F3N3O3/c1-32(2)13-9-14-33(3)15-10-16-34(4)17-11-20-42-45(7)29-36(43(54)44(5,6)41(45)25-26-46(42,8)55)27-35-21-23-40(24-22-35)56-31-38-30-53(52-51-38)39-19-12-18-37(28-39)47(48,49)50/h12-13,15,17-19,21-24,27-28,30,41-42,55H,9-11,14,16,20,25-26,29,31H2,1-8H3/b33-15+,34-17+,36-27+/t41-,42+,45-,46+/m0/s1. The molecule has 3 aromatic rings. The van der Waals surface area contributed by atoms with Crippen LogP contribution < -0.4 is 4.74 Å². The van der Waals surface area contributed by atoms with Crippen LogP contribution >= 0.6 is 0 Å². The number of benzene rings is 2. The minimum absolute atomic E-state index is 0.0353. The Morgan fingerprint density at radius 3 is 2.27 bits per heavy atom. The van der Waals surface area contributed by atoms with Gasteiger partial charge in [0, 0.05) is 5.41 Å². The van der Waals surface area contributed by atoms with Gasteiger partial charge in [0.15, 0.2) is 5.78 Å². The zero-order valence-corrected chi connectivity index (χ0v) is 34.5. The van der Waals surface area contributed by atoms with Crippen LogP contribution in [0.3, 0.4) is 0 Å². The van der Waals surface area contributed by atoms with Crippen LogP contribution in [-0.4, -0.2) is 31.5 Å². The number of hydrogen-bond acceptors (Lipinski definition) is 5. The Hall–Kier alpha value is -4.24. The van der Waals surface area contributed by atoms with E-state index in [1.165, 1.54) is 33.5 Å². The van der Waals surface area contributed by atoms with E-state index in [0.717, 1.165) is 68.2 Å². The number of hydrogen-bond donors (Lipinski definition) is 1. The van der Waals surface area contributed by atoms with E-state index >= 15 is 0 Å². The van der Waals surface area contributed by atoms with Gasteiger partial charge in [-0.15, -0.1) is 5.10 Å². The summed E-state index contributed by atoms with van der Waals surface area (Å²) in [4.78, 5) is 14.1. The Balaban J connectivity index is 1.24. The number of rotatable bonds is 14. The van der Waals surface area contributed by atoms with Gasteiger partial charge in [-0.25, -0.2) is 4.68 Å². The Bertz CT molecular complexity index is 1960. The summed E-state index contributed by atoms with van der Waals surface area (Å²) in [5.41, 5.74) is 4.16. The van der Waals surface area contributed by atoms with Crippen LogP contribution in [-0.2, 0) is 17.6 Å². The fraction of sp³-hybridized carbons (Fsp3) is 0.511. The Labute approximate surface area is 331 Å². The lowest BCUT2D eigenvalue weighted by Crippen LogP contribution is -2.60. The summed E-state index contributed by atoms with van der Waals surface area (Å²) in [7, 11) is 0. The number of aliphatic hydroxyl groups is 1. The molecular formula is C47H60F3N3O3. The molecule has 1 aromatic heterocycles. The van der Waals surface area contributed by atoms with Crippen LogP contribution in [0.5, 0.6) is 5.75 Å². The van der Waals surface area contributed by atoms with Gasteiger partial charge in [0.1, 0.15) is 18.1 Å². The van der Waals surface area contributed by atoms with Gasteiger partial charge in [-0.1, -0.05) is 79.1 Å². The smallest absolute Gasteiger partial charge is 0.416 e. The zero-order valence-electron chi connectivity index (χ0n) is 34.5. The van der Waals surface area contributed by atoms with Crippen molar-refractivity contribution in [2.75, 3.05) is 0 Å². The van der Waals surface area contributed by atoms with Gasteiger partial charge in [-0.05, 0) is 157 Å². The molecule has 0 radical (unpaired) electrons. The molecule has 302 valence electrons. The maximum Gasteiger partial charge on any atom is 0.416 e. The van der Waals surface area contributed by atoms with Crippen molar-refractivity contribution in [3.05, 3.63) is 112 Å². The Morgan fingerprint density at radius 2 is 1.61 bits per heavy atom. The molecule has 56 heavy (non-hydrogen) atoms. The van der Waals surface area contributed by atoms with Gasteiger partial charge < -0.3 is 9.84 Å². The third-order valence-electron chi connectivity index (χ3n) is 12.3. The van der Waals surface area contributed by atoms with Crippen LogP contribution in [0, 0.1) is 22.7 Å². The topological polar surface area (TPSA) is 77.2 Å². The van der Waals surface area contributed by atoms with Crippen LogP contribution in [0.4, 0.5) is 13.2 Å². The van der Waals surface area contributed by atoms with E-state index in [-0.39, 0.29) is 35.3 Å². The highest BCUT2D eigenvalue weighted by molar-refractivity contribution is 6.04. The first-order chi connectivity index (χ1) is 26.3. The molecule has 1 N–H and O–H groups in total. The van der Waals surface area contributed by atoms with Gasteiger partial charge in [0.05, 0.1) is 23.0 Å². The van der Waals surface area contributed by atoms with Crippen molar-refractivity contribution in [2.24, 2.45) is 22.7 Å². The van der Waals surface area contributed by atoms with Gasteiger partial charge in [-0.3, -0.25) is 4.79 Å². The predicted molar refractivity (Wildman–Crippen MR) is 218 cm³/mol. The maximum atomic E-state index is 14.1. The molecule has 0 saturated heterocycles. The second-order valence-corrected chi connectivity index (χ2v) is 17.5. The summed E-state index contributed by atoms with van der Waals surface area (Å²) in [6.45, 7) is 17.3. The Morgan fingerprint density at radius 1 is 0.946 bits per heavy atom. The number of ketones is 1. The van der Waals surface area contributed by atoms with E-state index in [1.54, 1.807) is 6.20 Å². The molecule has 0 aliphatic heterocycles. The monoisotopic (exact) mass is 771 g/mol. The first kappa shape index (κ1) is 42.9. The average Bonchev–Trinajstić information content (AvgIpc) is 3.60. The number of alkyl halides is 3. The third kappa shape index (κ3) is 10.4. The number of nitrogens with zero attached hydrogens (tertiary/aromatic N) is 3. The van der Waals surface area contributed by atoms with Crippen LogP contribution in [0.1, 0.15) is 130 Å². The molecule has 0 amide bonds. The van der Waals surface area contributed by atoms with E-state index in [2.05, 4.69) is 77.0 Å². The molecule has 2 saturated carbocycles. The summed E-state index contributed by atoms with van der Waals surface area (Å²) in [5.74, 6) is 0.953. The molecule has 0 unspecified atom stereocenters. The van der Waals surface area contributed by atoms with E-state index in [9.17, 15) is 23.1 Å². The largest absolute Gasteiger partial charge is 0.487 e. The molecule has 0 bridgehead atoms. The first-order valence-corrected chi connectivity index (χ1v) is 20.0. The minimum Gasteiger partial charge on any atom is -0.487 e. The third-order valence-corrected chi connectivity index (χ3v) is 12.3. The average molecular weight is 772 g/mol. The zero-order chi connectivity index (χ0) is 40.9. The second kappa shape index (κ2) is 17.5. The summed E-state index contributed by atoms with van der Waals surface area (Å²) < 4.78 is 46.8. The molecule has 1 heterocycles. The lowest BCUT2D eigenvalue weighted by molar-refractivity contribution is -0.169. The highest BCUT2D eigenvalue weighted by Crippen LogP contribution is 2.63. The van der Waals surface area contributed by atoms with Gasteiger partial charge in [-0.2, -0.15) is 13.2 Å². The second-order valence-electron chi connectivity index (χ2n) is 17.5. The number of ether oxygens (including phenoxy) is 1. The molecular weight excluding hydrogens is 712 g/mol. The van der Waals surface area contributed by atoms with Crippen molar-refractivity contribution in [3.8, 4) is 11.4 Å². The van der Waals surface area contributed by atoms with Crippen molar-refractivity contribution in [1.29, 1.82) is 0 Å². The van der Waals surface area contributed by atoms with E-state index in [0.29, 0.717) is 24.3 Å². The number of Topliss-reactive ketones (excluding diaryl/α,β-unsaturated/α-hetero) is 1. The number of fused-ring (bicyclic) bond motifs is 1. The van der Waals surface area contributed by atoms with Crippen molar-refractivity contribution in [3.63, 3.8) is 0 Å². The number of aromatic nitrogens is 3. The van der Waals surface area contributed by atoms with E-state index < -0.39 is 22.8 Å². The van der Waals surface area contributed by atoms with Crippen molar-refractivity contribution < 1.29 is 27.8 Å². The van der Waals surface area contributed by atoms with Crippen LogP contribution in [0.2, 0.25) is 0 Å². The fourth-order valence-electron chi connectivity index (χ4n) is 9.31. The van der Waals surface area contributed by atoms with Crippen LogP contribution in [0.25, 0.3) is 11.8 Å². The molecule has 5 rings (SSSR count). The highest BCUT2D eigenvalue weighted by Gasteiger charge is 2.61. The number of carbonyl (C=O) groups is 1. The number of carbonyl (C=O) groups excluding carboxylic acids is 1. The van der Waals surface area contributed by atoms with E-state index in [1.807, 2.05) is 37.3 Å². The van der Waals surface area contributed by atoms with Crippen LogP contribution in [0.15, 0.2) is 95.2 Å². The fourth-order valence-corrected chi connectivity index (χ4v) is 9.31. The summed E-state index contributed by atoms with van der Waals surface area (Å²) in [6.07, 6.45) is 14.3. The van der Waals surface area contributed by atoms with E-state index in [4.69, 9.17) is 4.74 Å². The molecule has 2 fully saturated rings. The number of allylic oxidation sites excluding steroid dienone is 7. The summed E-state index contributed by atoms with van der Waals surface area (Å²) in [5, 5.41) is 19.9. The molecule has 9 heteroatoms.